The van der Waals surface area contributed by atoms with Crippen LogP contribution in [0.15, 0.2) is 36.7 Å². The Kier molecular flexibility index (Phi) is 4.68. The average Bonchev–Trinajstić information content (AvgIpc) is 2.94. The Bertz CT molecular complexity index is 566. The number of rotatable bonds is 5. The number of hydrogen-bond donors (Lipinski definition) is 1. The first kappa shape index (κ1) is 15.6. The lowest BCUT2D eigenvalue weighted by atomic mass is 10.1. The highest BCUT2D eigenvalue weighted by Gasteiger charge is 2.14. The number of hydrogen-bond acceptors (Lipinski definition) is 3. The molecule has 0 aliphatic heterocycles. The monoisotopic (exact) mass is 287 g/mol. The third-order valence-corrected chi connectivity index (χ3v) is 3.55. The molecule has 0 aliphatic rings. The summed E-state index contributed by atoms with van der Waals surface area (Å²) in [5.74, 6) is 0.886. The zero-order valence-electron chi connectivity index (χ0n) is 13.6. The minimum atomic E-state index is 0.0276. The first-order chi connectivity index (χ1) is 9.90. The van der Waals surface area contributed by atoms with Gasteiger partial charge in [-0.1, -0.05) is 12.1 Å². The average molecular weight is 287 g/mol. The van der Waals surface area contributed by atoms with Crippen molar-refractivity contribution in [3.63, 3.8) is 0 Å². The number of aromatic nitrogens is 2. The number of benzene rings is 1. The van der Waals surface area contributed by atoms with Crippen molar-refractivity contribution in [3.05, 3.63) is 47.8 Å². The van der Waals surface area contributed by atoms with Crippen molar-refractivity contribution in [2.45, 2.75) is 45.8 Å². The molecule has 2 rings (SSSR count). The van der Waals surface area contributed by atoms with Gasteiger partial charge in [-0.3, -0.25) is 4.68 Å². The van der Waals surface area contributed by atoms with Gasteiger partial charge in [0.15, 0.2) is 0 Å². The van der Waals surface area contributed by atoms with Crippen molar-refractivity contribution < 1.29 is 4.74 Å². The first-order valence-corrected chi connectivity index (χ1v) is 7.31. The Hall–Kier alpha value is -1.81. The maximum Gasteiger partial charge on any atom is 0.118 e. The van der Waals surface area contributed by atoms with E-state index in [-0.39, 0.29) is 11.6 Å². The summed E-state index contributed by atoms with van der Waals surface area (Å²) in [7, 11) is 1.68. The predicted octanol–water partition coefficient (Wildman–Crippen LogP) is 3.50. The van der Waals surface area contributed by atoms with Crippen LogP contribution in [0.25, 0.3) is 0 Å². The second kappa shape index (κ2) is 6.31. The molecule has 0 radical (unpaired) electrons. The number of nitrogens with zero attached hydrogens (tertiary/aromatic N) is 2. The van der Waals surface area contributed by atoms with Gasteiger partial charge in [-0.05, 0) is 45.4 Å². The van der Waals surface area contributed by atoms with Crippen LogP contribution in [0.4, 0.5) is 0 Å². The van der Waals surface area contributed by atoms with Crippen LogP contribution in [-0.4, -0.2) is 16.9 Å². The second-order valence-corrected chi connectivity index (χ2v) is 6.34. The molecule has 0 spiro atoms. The molecule has 0 bridgehead atoms. The van der Waals surface area contributed by atoms with Gasteiger partial charge in [-0.15, -0.1) is 0 Å². The van der Waals surface area contributed by atoms with E-state index in [4.69, 9.17) is 4.74 Å². The summed E-state index contributed by atoms with van der Waals surface area (Å²) in [6.45, 7) is 9.42. The lowest BCUT2D eigenvalue weighted by molar-refractivity contribution is 0.355. The van der Waals surface area contributed by atoms with Crippen molar-refractivity contribution in [3.8, 4) is 5.75 Å². The molecule has 4 nitrogen and oxygen atoms in total. The quantitative estimate of drug-likeness (QED) is 0.915. The van der Waals surface area contributed by atoms with Crippen molar-refractivity contribution >= 4 is 0 Å². The van der Waals surface area contributed by atoms with Crippen LogP contribution in [0, 0.1) is 0 Å². The van der Waals surface area contributed by atoms with Gasteiger partial charge < -0.3 is 10.1 Å². The summed E-state index contributed by atoms with van der Waals surface area (Å²) < 4.78 is 7.18. The lowest BCUT2D eigenvalue weighted by Crippen LogP contribution is -2.22. The first-order valence-electron chi connectivity index (χ1n) is 7.31. The zero-order valence-corrected chi connectivity index (χ0v) is 13.6. The molecule has 1 aromatic heterocycles. The van der Waals surface area contributed by atoms with Gasteiger partial charge in [0.25, 0.3) is 0 Å². The van der Waals surface area contributed by atoms with E-state index in [2.05, 4.69) is 56.4 Å². The minimum Gasteiger partial charge on any atom is -0.497 e. The number of ether oxygens (including phenoxy) is 1. The van der Waals surface area contributed by atoms with Gasteiger partial charge >= 0.3 is 0 Å². The fraction of sp³-hybridized carbons (Fsp3) is 0.471. The Morgan fingerprint density at radius 3 is 2.43 bits per heavy atom. The van der Waals surface area contributed by atoms with Gasteiger partial charge in [-0.2, -0.15) is 5.10 Å². The zero-order chi connectivity index (χ0) is 15.5. The van der Waals surface area contributed by atoms with Crippen molar-refractivity contribution in [2.75, 3.05) is 7.11 Å². The predicted molar refractivity (Wildman–Crippen MR) is 85.5 cm³/mol. The van der Waals surface area contributed by atoms with Gasteiger partial charge in [-0.25, -0.2) is 0 Å². The highest BCUT2D eigenvalue weighted by atomic mass is 16.5. The smallest absolute Gasteiger partial charge is 0.118 e. The molecule has 0 aliphatic carbocycles. The molecule has 1 heterocycles. The minimum absolute atomic E-state index is 0.0276. The molecule has 1 N–H and O–H groups in total. The Morgan fingerprint density at radius 1 is 1.24 bits per heavy atom. The molecule has 0 saturated carbocycles. The van der Waals surface area contributed by atoms with Crippen LogP contribution in [-0.2, 0) is 12.1 Å². The highest BCUT2D eigenvalue weighted by molar-refractivity contribution is 5.28. The van der Waals surface area contributed by atoms with Crippen LogP contribution in [0.3, 0.4) is 0 Å². The highest BCUT2D eigenvalue weighted by Crippen LogP contribution is 2.18. The molecule has 0 fully saturated rings. The largest absolute Gasteiger partial charge is 0.497 e. The van der Waals surface area contributed by atoms with Crippen molar-refractivity contribution in [1.29, 1.82) is 0 Å². The fourth-order valence-corrected chi connectivity index (χ4v) is 2.10. The number of methoxy groups -OCH3 is 1. The van der Waals surface area contributed by atoms with E-state index in [9.17, 15) is 0 Å². The molecule has 0 amide bonds. The van der Waals surface area contributed by atoms with E-state index in [1.807, 2.05) is 23.0 Å². The van der Waals surface area contributed by atoms with E-state index in [1.54, 1.807) is 7.11 Å². The number of nitrogens with one attached hydrogen (secondary N) is 1. The normalized spacial score (nSPS) is 13.2. The van der Waals surface area contributed by atoms with Gasteiger partial charge in [0, 0.05) is 24.3 Å². The molecule has 21 heavy (non-hydrogen) atoms. The molecule has 1 unspecified atom stereocenters. The van der Waals surface area contributed by atoms with Gasteiger partial charge in [0.2, 0.25) is 0 Å². The summed E-state index contributed by atoms with van der Waals surface area (Å²) in [4.78, 5) is 0. The maximum absolute atomic E-state index is 5.18. The molecule has 4 heteroatoms. The molecule has 114 valence electrons. The van der Waals surface area contributed by atoms with Crippen LogP contribution < -0.4 is 10.1 Å². The van der Waals surface area contributed by atoms with Crippen LogP contribution in [0.1, 0.15) is 44.9 Å². The van der Waals surface area contributed by atoms with Gasteiger partial charge in [0.05, 0.1) is 18.8 Å². The molecule has 1 aromatic carbocycles. The summed E-state index contributed by atoms with van der Waals surface area (Å²) in [5, 5.41) is 7.94. The third kappa shape index (κ3) is 4.08. The van der Waals surface area contributed by atoms with E-state index in [0.717, 1.165) is 12.3 Å². The summed E-state index contributed by atoms with van der Waals surface area (Å²) >= 11 is 0. The van der Waals surface area contributed by atoms with E-state index < -0.39 is 0 Å². The molecular weight excluding hydrogens is 262 g/mol. The molecular formula is C17H25N3O. The van der Waals surface area contributed by atoms with Crippen molar-refractivity contribution in [1.82, 2.24) is 15.1 Å². The van der Waals surface area contributed by atoms with Gasteiger partial charge in [0.1, 0.15) is 5.75 Å². The van der Waals surface area contributed by atoms with E-state index >= 15 is 0 Å². The standard InChI is InChI=1S/C17H25N3O/c1-13(15-6-8-16(21-5)9-7-15)18-10-14-11-19-20(12-14)17(2,3)4/h6-9,11-13,18H,10H2,1-5H3. The van der Waals surface area contributed by atoms with Crippen LogP contribution in [0.5, 0.6) is 5.75 Å². The Balaban J connectivity index is 1.94. The second-order valence-electron chi connectivity index (χ2n) is 6.34. The molecule has 1 atom stereocenters. The molecule has 0 saturated heterocycles. The summed E-state index contributed by atoms with van der Waals surface area (Å²) in [5.41, 5.74) is 2.48. The summed E-state index contributed by atoms with van der Waals surface area (Å²) in [6.07, 6.45) is 4.03. The fourth-order valence-electron chi connectivity index (χ4n) is 2.10. The summed E-state index contributed by atoms with van der Waals surface area (Å²) in [6, 6.07) is 8.45. The van der Waals surface area contributed by atoms with E-state index in [0.29, 0.717) is 0 Å². The molecule has 2 aromatic rings. The third-order valence-electron chi connectivity index (χ3n) is 3.55. The SMILES string of the molecule is COc1ccc(C(C)NCc2cnn(C(C)(C)C)c2)cc1. The topological polar surface area (TPSA) is 39.1 Å². The van der Waals surface area contributed by atoms with Crippen LogP contribution >= 0.6 is 0 Å². The Labute approximate surface area is 127 Å². The Morgan fingerprint density at radius 2 is 1.90 bits per heavy atom. The maximum atomic E-state index is 5.18. The van der Waals surface area contributed by atoms with Crippen LogP contribution in [0.2, 0.25) is 0 Å². The van der Waals surface area contributed by atoms with Crippen molar-refractivity contribution in [2.24, 2.45) is 0 Å². The van der Waals surface area contributed by atoms with E-state index in [1.165, 1.54) is 11.1 Å². The lowest BCUT2D eigenvalue weighted by Gasteiger charge is -2.18.